The Kier molecular flexibility index (Phi) is 5.00. The maximum atomic E-state index is 12.3. The summed E-state index contributed by atoms with van der Waals surface area (Å²) in [6, 6.07) is 0. The number of rotatable bonds is 5. The Balaban J connectivity index is 1.95. The molecule has 2 aromatic heterocycles. The van der Waals surface area contributed by atoms with Gasteiger partial charge in [-0.25, -0.2) is 9.42 Å². The van der Waals surface area contributed by atoms with Crippen LogP contribution < -0.4 is 5.73 Å². The first kappa shape index (κ1) is 16.7. The molecule has 1 aliphatic heterocycles. The summed E-state index contributed by atoms with van der Waals surface area (Å²) >= 11 is 1.91. The number of carbonyl (C=O) groups excluding carboxylic acids is 1. The van der Waals surface area contributed by atoms with Crippen LogP contribution in [0, 0.1) is 0 Å². The van der Waals surface area contributed by atoms with Gasteiger partial charge >= 0.3 is 5.97 Å². The molecule has 1 saturated heterocycles. The molecule has 0 aromatic carbocycles. The molecule has 1 aliphatic rings. The molecule has 10 nitrogen and oxygen atoms in total. The second-order valence-electron chi connectivity index (χ2n) is 5.61. The van der Waals surface area contributed by atoms with Crippen LogP contribution in [0.3, 0.4) is 0 Å². The lowest BCUT2D eigenvalue weighted by Gasteiger charge is -2.26. The monoisotopic (exact) mass is 353 g/mol. The fraction of sp³-hybridized carbons (Fsp3) is 0.615. The Labute approximate surface area is 142 Å². The molecular weight excluding hydrogens is 334 g/mol. The molecule has 0 spiro atoms. The van der Waals surface area contributed by atoms with Gasteiger partial charge in [0.2, 0.25) is 11.6 Å². The standard InChI is InChI=1S/C13H19N7O3S/c1-8(2)22-13(21)10-9(7-19-3-5-24-6-4-19)20(18-15-10)12-11(14)16-23-17-12/h8H,3-7H2,1-2H3,(H2,14,16). The highest BCUT2D eigenvalue weighted by Crippen LogP contribution is 2.20. The third-order valence-electron chi connectivity index (χ3n) is 3.47. The Morgan fingerprint density at radius 1 is 1.38 bits per heavy atom. The zero-order chi connectivity index (χ0) is 17.1. The largest absolute Gasteiger partial charge is 0.458 e. The Bertz CT molecular complexity index is 708. The maximum absolute atomic E-state index is 12.3. The summed E-state index contributed by atoms with van der Waals surface area (Å²) in [5.74, 6) is 1.86. The molecule has 0 saturated carbocycles. The highest BCUT2D eigenvalue weighted by Gasteiger charge is 2.27. The van der Waals surface area contributed by atoms with Gasteiger partial charge in [-0.2, -0.15) is 16.4 Å². The van der Waals surface area contributed by atoms with Crippen molar-refractivity contribution < 1.29 is 14.2 Å². The molecule has 2 aromatic rings. The lowest BCUT2D eigenvalue weighted by molar-refractivity contribution is 0.0368. The Hall–Kier alpha value is -2.14. The third-order valence-corrected chi connectivity index (χ3v) is 4.42. The number of hydrogen-bond acceptors (Lipinski definition) is 10. The van der Waals surface area contributed by atoms with Crippen LogP contribution in [0.25, 0.3) is 5.82 Å². The molecule has 0 amide bonds. The number of nitrogen functional groups attached to an aromatic ring is 1. The van der Waals surface area contributed by atoms with Gasteiger partial charge in [-0.1, -0.05) is 5.21 Å². The molecule has 3 rings (SSSR count). The molecule has 0 bridgehead atoms. The van der Waals surface area contributed by atoms with E-state index in [0.29, 0.717) is 12.2 Å². The minimum atomic E-state index is -0.521. The van der Waals surface area contributed by atoms with Crippen LogP contribution in [0.2, 0.25) is 0 Å². The maximum Gasteiger partial charge on any atom is 0.361 e. The number of carbonyl (C=O) groups is 1. The van der Waals surface area contributed by atoms with E-state index < -0.39 is 5.97 Å². The quantitative estimate of drug-likeness (QED) is 0.752. The van der Waals surface area contributed by atoms with Crippen molar-refractivity contribution in [2.24, 2.45) is 0 Å². The molecule has 1 fully saturated rings. The number of nitrogens with zero attached hydrogens (tertiary/aromatic N) is 6. The molecule has 0 atom stereocenters. The average molecular weight is 353 g/mol. The first-order chi connectivity index (χ1) is 11.6. The first-order valence-corrected chi connectivity index (χ1v) is 8.75. The van der Waals surface area contributed by atoms with Gasteiger partial charge < -0.3 is 10.5 Å². The summed E-state index contributed by atoms with van der Waals surface area (Å²) < 4.78 is 11.3. The number of hydrogen-bond donors (Lipinski definition) is 1. The van der Waals surface area contributed by atoms with Crippen LogP contribution in [-0.4, -0.2) is 66.9 Å². The van der Waals surface area contributed by atoms with Gasteiger partial charge in [-0.15, -0.1) is 5.10 Å². The molecule has 0 radical (unpaired) electrons. The molecule has 0 unspecified atom stereocenters. The number of thioether (sulfide) groups is 1. The number of esters is 1. The topological polar surface area (TPSA) is 125 Å². The zero-order valence-electron chi connectivity index (χ0n) is 13.5. The summed E-state index contributed by atoms with van der Waals surface area (Å²) in [5.41, 5.74) is 6.47. The van der Waals surface area contributed by atoms with Crippen LogP contribution in [0.15, 0.2) is 4.63 Å². The summed E-state index contributed by atoms with van der Waals surface area (Å²) in [6.07, 6.45) is -0.249. The fourth-order valence-electron chi connectivity index (χ4n) is 2.35. The minimum Gasteiger partial charge on any atom is -0.458 e. The van der Waals surface area contributed by atoms with Crippen LogP contribution in [0.4, 0.5) is 5.82 Å². The number of anilines is 1. The summed E-state index contributed by atoms with van der Waals surface area (Å²) in [5, 5.41) is 15.3. The van der Waals surface area contributed by atoms with Gasteiger partial charge in [0.25, 0.3) is 0 Å². The van der Waals surface area contributed by atoms with Gasteiger partial charge in [0.05, 0.1) is 11.8 Å². The predicted molar refractivity (Wildman–Crippen MR) is 86.8 cm³/mol. The molecule has 0 aliphatic carbocycles. The van der Waals surface area contributed by atoms with Crippen LogP contribution in [-0.2, 0) is 11.3 Å². The second kappa shape index (κ2) is 7.18. The average Bonchev–Trinajstić information content (AvgIpc) is 3.13. The SMILES string of the molecule is CC(C)OC(=O)c1nnn(-c2nonc2N)c1CN1CCSCC1. The number of ether oxygens (including phenoxy) is 1. The van der Waals surface area contributed by atoms with E-state index in [9.17, 15) is 4.79 Å². The lowest BCUT2D eigenvalue weighted by atomic mass is 10.2. The van der Waals surface area contributed by atoms with E-state index in [0.717, 1.165) is 24.6 Å². The Morgan fingerprint density at radius 2 is 2.12 bits per heavy atom. The van der Waals surface area contributed by atoms with Crippen molar-refractivity contribution in [3.8, 4) is 5.82 Å². The van der Waals surface area contributed by atoms with E-state index in [2.05, 4.69) is 30.2 Å². The second-order valence-corrected chi connectivity index (χ2v) is 6.84. The van der Waals surface area contributed by atoms with E-state index in [1.165, 1.54) is 4.68 Å². The molecule has 2 N–H and O–H groups in total. The highest BCUT2D eigenvalue weighted by atomic mass is 32.2. The van der Waals surface area contributed by atoms with Crippen molar-refractivity contribution >= 4 is 23.5 Å². The van der Waals surface area contributed by atoms with Crippen molar-refractivity contribution in [1.82, 2.24) is 30.2 Å². The Morgan fingerprint density at radius 3 is 2.75 bits per heavy atom. The third kappa shape index (κ3) is 3.51. The summed E-state index contributed by atoms with van der Waals surface area (Å²) in [4.78, 5) is 14.6. The predicted octanol–water partition coefficient (Wildman–Crippen LogP) is 0.346. The highest BCUT2D eigenvalue weighted by molar-refractivity contribution is 7.99. The number of nitrogens with two attached hydrogens (primary N) is 1. The van der Waals surface area contributed by atoms with Crippen molar-refractivity contribution in [3.63, 3.8) is 0 Å². The summed E-state index contributed by atoms with van der Waals surface area (Å²) in [7, 11) is 0. The molecule has 3 heterocycles. The zero-order valence-corrected chi connectivity index (χ0v) is 14.3. The van der Waals surface area contributed by atoms with Crippen LogP contribution in [0.1, 0.15) is 30.0 Å². The van der Waals surface area contributed by atoms with Crippen LogP contribution in [0.5, 0.6) is 0 Å². The van der Waals surface area contributed by atoms with Gasteiger partial charge in [0.1, 0.15) is 0 Å². The van der Waals surface area contributed by atoms with E-state index in [1.807, 2.05) is 11.8 Å². The smallest absolute Gasteiger partial charge is 0.361 e. The molecule has 24 heavy (non-hydrogen) atoms. The van der Waals surface area contributed by atoms with Crippen molar-refractivity contribution in [3.05, 3.63) is 11.4 Å². The van der Waals surface area contributed by atoms with Gasteiger partial charge in [-0.3, -0.25) is 4.90 Å². The normalized spacial score (nSPS) is 15.8. The van der Waals surface area contributed by atoms with Crippen LogP contribution >= 0.6 is 11.8 Å². The van der Waals surface area contributed by atoms with Crippen molar-refractivity contribution in [2.45, 2.75) is 26.5 Å². The fourth-order valence-corrected chi connectivity index (χ4v) is 3.33. The van der Waals surface area contributed by atoms with Crippen molar-refractivity contribution in [2.75, 3.05) is 30.3 Å². The first-order valence-electron chi connectivity index (χ1n) is 7.60. The van der Waals surface area contributed by atoms with Crippen molar-refractivity contribution in [1.29, 1.82) is 0 Å². The summed E-state index contributed by atoms with van der Waals surface area (Å²) in [6.45, 7) is 5.89. The van der Waals surface area contributed by atoms with Gasteiger partial charge in [-0.05, 0) is 24.2 Å². The van der Waals surface area contributed by atoms with E-state index in [4.69, 9.17) is 10.5 Å². The minimum absolute atomic E-state index is 0.0825. The lowest BCUT2D eigenvalue weighted by Crippen LogP contribution is -2.33. The van der Waals surface area contributed by atoms with Gasteiger partial charge in [0.15, 0.2) is 5.69 Å². The van der Waals surface area contributed by atoms with E-state index in [-0.39, 0.29) is 23.4 Å². The van der Waals surface area contributed by atoms with Gasteiger partial charge in [0, 0.05) is 31.1 Å². The van der Waals surface area contributed by atoms with E-state index in [1.54, 1.807) is 13.8 Å². The number of aromatic nitrogens is 5. The molecular formula is C13H19N7O3S. The molecule has 130 valence electrons. The van der Waals surface area contributed by atoms with E-state index >= 15 is 0 Å². The molecule has 11 heteroatoms.